The number of amides is 1. The maximum Gasteiger partial charge on any atom is 0.211 e. The molecule has 0 aliphatic carbocycles. The number of aryl methyl sites for hydroxylation is 2. The molecule has 1 aliphatic rings. The summed E-state index contributed by atoms with van der Waals surface area (Å²) in [5.74, 6) is 0.645. The van der Waals surface area contributed by atoms with Crippen molar-refractivity contribution in [1.82, 2.24) is 15.5 Å². The number of anilines is 2. The largest absolute Gasteiger partial charge is 0.377 e. The zero-order valence-electron chi connectivity index (χ0n) is 23.9. The number of pyridine rings is 1. The Morgan fingerprint density at radius 2 is 1.90 bits per heavy atom. The van der Waals surface area contributed by atoms with E-state index >= 15 is 0 Å². The fourth-order valence-electron chi connectivity index (χ4n) is 4.77. The van der Waals surface area contributed by atoms with Gasteiger partial charge in [0.25, 0.3) is 0 Å². The summed E-state index contributed by atoms with van der Waals surface area (Å²) in [5, 5.41) is 19.1. The van der Waals surface area contributed by atoms with E-state index in [1.165, 1.54) is 30.5 Å². The average Bonchev–Trinajstić information content (AvgIpc) is 3.49. The maximum atomic E-state index is 10.7. The van der Waals surface area contributed by atoms with Gasteiger partial charge in [0, 0.05) is 42.3 Å². The molecule has 1 fully saturated rings. The third kappa shape index (κ3) is 8.05. The van der Waals surface area contributed by atoms with Gasteiger partial charge in [-0.25, -0.2) is 0 Å². The van der Waals surface area contributed by atoms with Gasteiger partial charge < -0.3 is 20.1 Å². The van der Waals surface area contributed by atoms with Crippen LogP contribution in [0.25, 0.3) is 17.0 Å². The Labute approximate surface area is 241 Å². The molecule has 41 heavy (non-hydrogen) atoms. The molecule has 1 saturated heterocycles. The van der Waals surface area contributed by atoms with E-state index in [0.29, 0.717) is 30.1 Å². The molecule has 2 aromatic carbocycles. The van der Waals surface area contributed by atoms with Crippen molar-refractivity contribution in [2.24, 2.45) is 0 Å². The van der Waals surface area contributed by atoms with Gasteiger partial charge in [-0.1, -0.05) is 23.4 Å². The molecule has 5 rings (SSSR count). The van der Waals surface area contributed by atoms with Gasteiger partial charge in [0.2, 0.25) is 6.41 Å². The molecule has 8 heteroatoms. The van der Waals surface area contributed by atoms with Crippen LogP contribution in [-0.2, 0) is 11.3 Å². The Balaban J connectivity index is 0.000000218. The first-order valence-electron chi connectivity index (χ1n) is 13.9. The third-order valence-electron chi connectivity index (χ3n) is 6.90. The van der Waals surface area contributed by atoms with Gasteiger partial charge in [-0.05, 0) is 93.6 Å². The van der Waals surface area contributed by atoms with Crippen molar-refractivity contribution in [3.8, 4) is 17.3 Å². The van der Waals surface area contributed by atoms with Gasteiger partial charge in [-0.2, -0.15) is 5.26 Å². The van der Waals surface area contributed by atoms with Crippen molar-refractivity contribution in [3.05, 3.63) is 101 Å². The lowest BCUT2D eigenvalue weighted by atomic mass is 10.0. The van der Waals surface area contributed by atoms with E-state index in [9.17, 15) is 4.79 Å². The highest BCUT2D eigenvalue weighted by Gasteiger charge is 2.13. The molecular weight excluding hydrogens is 512 g/mol. The SMILES string of the molecule is C/C=C(\NCc1ccccn1)c1cc(-c2cc(NC=O)ccc2C)no1.Cc1cc(C#N)cc(N2CCCCC2)c1. The summed E-state index contributed by atoms with van der Waals surface area (Å²) in [6.07, 6.45) is 8.24. The molecule has 0 spiro atoms. The Morgan fingerprint density at radius 1 is 1.07 bits per heavy atom. The predicted molar refractivity (Wildman–Crippen MR) is 163 cm³/mol. The van der Waals surface area contributed by atoms with Gasteiger partial charge in [0.15, 0.2) is 5.76 Å². The lowest BCUT2D eigenvalue weighted by Gasteiger charge is -2.29. The van der Waals surface area contributed by atoms with Crippen molar-refractivity contribution < 1.29 is 9.32 Å². The summed E-state index contributed by atoms with van der Waals surface area (Å²) in [5.41, 5.74) is 8.33. The van der Waals surface area contributed by atoms with E-state index < -0.39 is 0 Å². The Hall–Kier alpha value is -4.90. The van der Waals surface area contributed by atoms with Crippen molar-refractivity contribution in [3.63, 3.8) is 0 Å². The van der Waals surface area contributed by atoms with E-state index in [-0.39, 0.29) is 0 Å². The summed E-state index contributed by atoms with van der Waals surface area (Å²) in [4.78, 5) is 17.3. The first-order chi connectivity index (χ1) is 20.0. The molecule has 1 aliphatic heterocycles. The Kier molecular flexibility index (Phi) is 10.3. The van der Waals surface area contributed by atoms with E-state index in [0.717, 1.165) is 41.2 Å². The van der Waals surface area contributed by atoms with Crippen LogP contribution >= 0.6 is 0 Å². The highest BCUT2D eigenvalue weighted by atomic mass is 16.5. The zero-order valence-corrected chi connectivity index (χ0v) is 23.9. The summed E-state index contributed by atoms with van der Waals surface area (Å²) >= 11 is 0. The third-order valence-corrected chi connectivity index (χ3v) is 6.90. The fourth-order valence-corrected chi connectivity index (χ4v) is 4.77. The summed E-state index contributed by atoms with van der Waals surface area (Å²) in [7, 11) is 0. The first-order valence-corrected chi connectivity index (χ1v) is 13.9. The first kappa shape index (κ1) is 29.1. The highest BCUT2D eigenvalue weighted by molar-refractivity contribution is 5.77. The van der Waals surface area contributed by atoms with E-state index in [4.69, 9.17) is 9.78 Å². The number of aromatic nitrogens is 2. The van der Waals surface area contributed by atoms with Crippen LogP contribution in [0.3, 0.4) is 0 Å². The molecule has 2 N–H and O–H groups in total. The summed E-state index contributed by atoms with van der Waals surface area (Å²) in [6.45, 7) is 8.83. The smallest absolute Gasteiger partial charge is 0.211 e. The second-order valence-corrected chi connectivity index (χ2v) is 9.96. The number of carbonyl (C=O) groups excluding carboxylic acids is 1. The number of nitrogens with one attached hydrogen (secondary N) is 2. The van der Waals surface area contributed by atoms with Gasteiger partial charge in [0.1, 0.15) is 5.69 Å². The van der Waals surface area contributed by atoms with Gasteiger partial charge in [0.05, 0.1) is 29.6 Å². The van der Waals surface area contributed by atoms with Crippen LogP contribution in [0.5, 0.6) is 0 Å². The van der Waals surface area contributed by atoms with Crippen LogP contribution in [0.2, 0.25) is 0 Å². The predicted octanol–water partition coefficient (Wildman–Crippen LogP) is 6.62. The van der Waals surface area contributed by atoms with E-state index in [1.54, 1.807) is 6.20 Å². The number of hydrogen-bond donors (Lipinski definition) is 2. The maximum absolute atomic E-state index is 10.7. The summed E-state index contributed by atoms with van der Waals surface area (Å²) < 4.78 is 5.52. The topological polar surface area (TPSA) is 107 Å². The standard InChI is InChI=1S/C20H20N4O2.C13H16N2/c1-3-18(22-12-16-6-4-5-9-21-16)20-11-19(24-26-20)17-10-15(23-13-25)8-7-14(17)2;1-11-7-12(10-14)9-13(8-11)15-5-3-2-4-6-15/h3-11,13,22H,12H2,1-2H3,(H,23,25);7-9H,2-6H2,1H3/b18-3-;. The zero-order chi connectivity index (χ0) is 29.0. The van der Waals surface area contributed by atoms with Gasteiger partial charge in [-0.15, -0.1) is 0 Å². The molecule has 3 heterocycles. The fraction of sp³-hybridized carbons (Fsp3) is 0.273. The molecule has 0 unspecified atom stereocenters. The minimum absolute atomic E-state index is 0.592. The number of nitrogens with zero attached hydrogens (tertiary/aromatic N) is 4. The van der Waals surface area contributed by atoms with Crippen LogP contribution in [0.15, 0.2) is 77.5 Å². The Bertz CT molecular complexity index is 1510. The van der Waals surface area contributed by atoms with Crippen LogP contribution in [0.1, 0.15) is 54.3 Å². The van der Waals surface area contributed by atoms with E-state index in [1.807, 2.05) is 81.4 Å². The summed E-state index contributed by atoms with van der Waals surface area (Å²) in [6, 6.07) is 21.7. The van der Waals surface area contributed by atoms with Crippen molar-refractivity contribution in [1.29, 1.82) is 5.26 Å². The van der Waals surface area contributed by atoms with Gasteiger partial charge in [-0.3, -0.25) is 9.78 Å². The monoisotopic (exact) mass is 548 g/mol. The molecular formula is C33H36N6O2. The molecule has 0 bridgehead atoms. The lowest BCUT2D eigenvalue weighted by Crippen LogP contribution is -2.29. The number of allylic oxidation sites excluding steroid dienone is 1. The van der Waals surface area contributed by atoms with Crippen molar-refractivity contribution in [2.45, 2.75) is 46.6 Å². The second kappa shape index (κ2) is 14.5. The van der Waals surface area contributed by atoms with E-state index in [2.05, 4.69) is 37.8 Å². The molecule has 0 atom stereocenters. The molecule has 2 aromatic heterocycles. The molecule has 1 amide bonds. The lowest BCUT2D eigenvalue weighted by molar-refractivity contribution is -0.105. The van der Waals surface area contributed by atoms with Crippen LogP contribution in [0.4, 0.5) is 11.4 Å². The molecule has 0 saturated carbocycles. The van der Waals surface area contributed by atoms with Gasteiger partial charge >= 0.3 is 0 Å². The number of nitriles is 1. The molecule has 0 radical (unpaired) electrons. The van der Waals surface area contributed by atoms with Crippen molar-refractivity contribution in [2.75, 3.05) is 23.3 Å². The number of rotatable bonds is 8. The molecule has 8 nitrogen and oxygen atoms in total. The number of piperidine rings is 1. The van der Waals surface area contributed by atoms with Crippen molar-refractivity contribution >= 4 is 23.5 Å². The second-order valence-electron chi connectivity index (χ2n) is 9.96. The Morgan fingerprint density at radius 3 is 2.61 bits per heavy atom. The normalized spacial score (nSPS) is 13.0. The quantitative estimate of drug-likeness (QED) is 0.238. The van der Waals surface area contributed by atoms with Crippen LogP contribution in [0, 0.1) is 25.2 Å². The number of carbonyl (C=O) groups is 1. The average molecular weight is 549 g/mol. The van der Waals surface area contributed by atoms with Crippen LogP contribution < -0.4 is 15.5 Å². The highest BCUT2D eigenvalue weighted by Crippen LogP contribution is 2.28. The minimum Gasteiger partial charge on any atom is -0.377 e. The molecule has 4 aromatic rings. The van der Waals surface area contributed by atoms with Crippen LogP contribution in [-0.4, -0.2) is 29.6 Å². The minimum atomic E-state index is 0.592. The number of hydrogen-bond acceptors (Lipinski definition) is 7. The molecule has 210 valence electrons. The number of benzene rings is 2.